The minimum absolute atomic E-state index is 0.109. The molecule has 88 valence electrons. The highest BCUT2D eigenvalue weighted by atomic mass is 19.1. The van der Waals surface area contributed by atoms with Gasteiger partial charge in [-0.05, 0) is 12.1 Å². The van der Waals surface area contributed by atoms with Crippen LogP contribution in [-0.4, -0.2) is 10.1 Å². The largest absolute Gasteiger partial charge is 0.374 e. The van der Waals surface area contributed by atoms with E-state index in [9.17, 15) is 14.5 Å². The molecule has 0 fully saturated rings. The van der Waals surface area contributed by atoms with Crippen molar-refractivity contribution in [3.63, 3.8) is 0 Å². The second-order valence-electron chi connectivity index (χ2n) is 3.24. The Morgan fingerprint density at radius 1 is 1.47 bits per heavy atom. The highest BCUT2D eigenvalue weighted by Gasteiger charge is 2.19. The number of halogens is 1. The lowest BCUT2D eigenvalue weighted by Gasteiger charge is -2.05. The molecular weight excluding hydrogens is 229 g/mol. The van der Waals surface area contributed by atoms with Gasteiger partial charge in [0.05, 0.1) is 11.5 Å². The Bertz CT molecular complexity index is 528. The standard InChI is InChI=1S/C10H8FN3O3/c11-8-2-1-3-9(10(8)14(15)16)12-6-7-4-5-17-13-7/h1-5,12H,6H2. The van der Waals surface area contributed by atoms with Gasteiger partial charge in [-0.1, -0.05) is 11.2 Å². The molecule has 1 heterocycles. The zero-order valence-corrected chi connectivity index (χ0v) is 8.59. The summed E-state index contributed by atoms with van der Waals surface area (Å²) < 4.78 is 17.9. The van der Waals surface area contributed by atoms with Crippen molar-refractivity contribution < 1.29 is 13.8 Å². The van der Waals surface area contributed by atoms with E-state index in [0.717, 1.165) is 6.07 Å². The molecule has 0 bridgehead atoms. The van der Waals surface area contributed by atoms with Gasteiger partial charge < -0.3 is 9.84 Å². The third-order valence-corrected chi connectivity index (χ3v) is 2.12. The number of aromatic nitrogens is 1. The van der Waals surface area contributed by atoms with Crippen LogP contribution in [0.4, 0.5) is 15.8 Å². The van der Waals surface area contributed by atoms with Crippen molar-refractivity contribution in [1.82, 2.24) is 5.16 Å². The maximum Gasteiger partial charge on any atom is 0.327 e. The number of benzene rings is 1. The van der Waals surface area contributed by atoms with Crippen LogP contribution in [0, 0.1) is 15.9 Å². The molecule has 6 nitrogen and oxygen atoms in total. The topological polar surface area (TPSA) is 81.2 Å². The SMILES string of the molecule is O=[N+]([O-])c1c(F)cccc1NCc1ccon1. The van der Waals surface area contributed by atoms with Crippen molar-refractivity contribution in [2.75, 3.05) is 5.32 Å². The van der Waals surface area contributed by atoms with Gasteiger partial charge in [-0.2, -0.15) is 4.39 Å². The lowest BCUT2D eigenvalue weighted by molar-refractivity contribution is -0.386. The van der Waals surface area contributed by atoms with Crippen molar-refractivity contribution >= 4 is 11.4 Å². The van der Waals surface area contributed by atoms with E-state index >= 15 is 0 Å². The van der Waals surface area contributed by atoms with Crippen molar-refractivity contribution in [2.24, 2.45) is 0 Å². The first kappa shape index (κ1) is 11.1. The summed E-state index contributed by atoms with van der Waals surface area (Å²) in [7, 11) is 0. The van der Waals surface area contributed by atoms with Crippen LogP contribution in [0.15, 0.2) is 35.1 Å². The van der Waals surface area contributed by atoms with Crippen LogP contribution in [0.3, 0.4) is 0 Å². The summed E-state index contributed by atoms with van der Waals surface area (Å²) in [5, 5.41) is 17.1. The molecule has 0 radical (unpaired) electrons. The molecule has 2 rings (SSSR count). The lowest BCUT2D eigenvalue weighted by atomic mass is 10.2. The van der Waals surface area contributed by atoms with E-state index in [4.69, 9.17) is 0 Å². The van der Waals surface area contributed by atoms with Crippen LogP contribution in [0.5, 0.6) is 0 Å². The van der Waals surface area contributed by atoms with Crippen LogP contribution in [0.25, 0.3) is 0 Å². The summed E-state index contributed by atoms with van der Waals surface area (Å²) in [5.74, 6) is -0.875. The van der Waals surface area contributed by atoms with Gasteiger partial charge in [-0.15, -0.1) is 0 Å². The number of nitrogens with one attached hydrogen (secondary N) is 1. The lowest BCUT2D eigenvalue weighted by Crippen LogP contribution is -2.04. The average molecular weight is 237 g/mol. The van der Waals surface area contributed by atoms with Crippen LogP contribution >= 0.6 is 0 Å². The minimum Gasteiger partial charge on any atom is -0.374 e. The van der Waals surface area contributed by atoms with Crippen LogP contribution in [0.1, 0.15) is 5.69 Å². The van der Waals surface area contributed by atoms with E-state index in [1.807, 2.05) is 0 Å². The molecule has 0 saturated carbocycles. The van der Waals surface area contributed by atoms with Gasteiger partial charge in [0.1, 0.15) is 17.6 Å². The molecule has 7 heteroatoms. The fourth-order valence-electron chi connectivity index (χ4n) is 1.36. The number of rotatable bonds is 4. The van der Waals surface area contributed by atoms with E-state index in [2.05, 4.69) is 15.0 Å². The predicted octanol–water partition coefficient (Wildman–Crippen LogP) is 2.33. The molecule has 1 aromatic carbocycles. The Kier molecular flexibility index (Phi) is 2.99. The molecule has 1 aromatic heterocycles. The highest BCUT2D eigenvalue weighted by Crippen LogP contribution is 2.27. The number of hydrogen-bond donors (Lipinski definition) is 1. The molecule has 0 aliphatic carbocycles. The molecular formula is C10H8FN3O3. The first-order chi connectivity index (χ1) is 8.18. The number of para-hydroxylation sites is 1. The summed E-state index contributed by atoms with van der Waals surface area (Å²) >= 11 is 0. The van der Waals surface area contributed by atoms with Crippen molar-refractivity contribution in [3.8, 4) is 0 Å². The maximum atomic E-state index is 13.3. The first-order valence-corrected chi connectivity index (χ1v) is 4.74. The van der Waals surface area contributed by atoms with E-state index in [1.54, 1.807) is 6.07 Å². The van der Waals surface area contributed by atoms with Gasteiger partial charge in [-0.3, -0.25) is 10.1 Å². The molecule has 0 unspecified atom stereocenters. The predicted molar refractivity (Wildman–Crippen MR) is 56.9 cm³/mol. The fraction of sp³-hybridized carbons (Fsp3) is 0.100. The highest BCUT2D eigenvalue weighted by molar-refractivity contribution is 5.61. The summed E-state index contributed by atoms with van der Waals surface area (Å²) in [5.41, 5.74) is 0.109. The third-order valence-electron chi connectivity index (χ3n) is 2.12. The second kappa shape index (κ2) is 4.60. The van der Waals surface area contributed by atoms with Crippen LogP contribution in [-0.2, 0) is 6.54 Å². The minimum atomic E-state index is -0.875. The van der Waals surface area contributed by atoms with E-state index < -0.39 is 16.4 Å². The molecule has 0 aliphatic rings. The molecule has 1 N–H and O–H groups in total. The smallest absolute Gasteiger partial charge is 0.327 e. The fourth-order valence-corrected chi connectivity index (χ4v) is 1.36. The number of nitrogens with zero attached hydrogens (tertiary/aromatic N) is 2. The average Bonchev–Trinajstić information content (AvgIpc) is 2.78. The van der Waals surface area contributed by atoms with Gasteiger partial charge in [-0.25, -0.2) is 0 Å². The molecule has 2 aromatic rings. The quantitative estimate of drug-likeness (QED) is 0.651. The Hall–Kier alpha value is -2.44. The van der Waals surface area contributed by atoms with Gasteiger partial charge in [0, 0.05) is 6.07 Å². The van der Waals surface area contributed by atoms with Crippen molar-refractivity contribution in [2.45, 2.75) is 6.54 Å². The number of hydrogen-bond acceptors (Lipinski definition) is 5. The third kappa shape index (κ3) is 2.39. The first-order valence-electron chi connectivity index (χ1n) is 4.74. The summed E-state index contributed by atoms with van der Waals surface area (Å²) in [6.07, 6.45) is 1.39. The second-order valence-corrected chi connectivity index (χ2v) is 3.24. The van der Waals surface area contributed by atoms with Gasteiger partial charge in [0.25, 0.3) is 0 Å². The van der Waals surface area contributed by atoms with E-state index in [1.165, 1.54) is 18.4 Å². The Morgan fingerprint density at radius 2 is 2.29 bits per heavy atom. The van der Waals surface area contributed by atoms with E-state index in [-0.39, 0.29) is 12.2 Å². The number of anilines is 1. The zero-order valence-electron chi connectivity index (χ0n) is 8.59. The van der Waals surface area contributed by atoms with Gasteiger partial charge in [0.15, 0.2) is 0 Å². The normalized spacial score (nSPS) is 10.2. The van der Waals surface area contributed by atoms with Crippen molar-refractivity contribution in [1.29, 1.82) is 0 Å². The molecule has 0 saturated heterocycles. The molecule has 0 amide bonds. The number of nitro benzene ring substituents is 1. The summed E-state index contributed by atoms with van der Waals surface area (Å²) in [4.78, 5) is 9.93. The van der Waals surface area contributed by atoms with Crippen LogP contribution < -0.4 is 5.32 Å². The zero-order chi connectivity index (χ0) is 12.3. The van der Waals surface area contributed by atoms with Gasteiger partial charge >= 0.3 is 5.69 Å². The van der Waals surface area contributed by atoms with Gasteiger partial charge in [0.2, 0.25) is 5.82 Å². The Labute approximate surface area is 95.2 Å². The van der Waals surface area contributed by atoms with E-state index in [0.29, 0.717) is 5.69 Å². The van der Waals surface area contributed by atoms with Crippen molar-refractivity contribution in [3.05, 3.63) is 52.2 Å². The summed E-state index contributed by atoms with van der Waals surface area (Å²) in [6, 6.07) is 5.48. The Morgan fingerprint density at radius 3 is 2.94 bits per heavy atom. The molecule has 0 atom stereocenters. The maximum absolute atomic E-state index is 13.3. The number of nitro groups is 1. The van der Waals surface area contributed by atoms with Crippen LogP contribution in [0.2, 0.25) is 0 Å². The molecule has 17 heavy (non-hydrogen) atoms. The monoisotopic (exact) mass is 237 g/mol. The molecule has 0 aliphatic heterocycles. The molecule has 0 spiro atoms. The summed E-state index contributed by atoms with van der Waals surface area (Å²) in [6.45, 7) is 0.223. The Balaban J connectivity index is 2.21.